The normalized spacial score (nSPS) is 11.6. The Labute approximate surface area is 163 Å². The largest absolute Gasteiger partial charge is 0.460 e. The number of furan rings is 1. The predicted molar refractivity (Wildman–Crippen MR) is 94.7 cm³/mol. The van der Waals surface area contributed by atoms with Gasteiger partial charge in [-0.25, -0.2) is 14.2 Å². The fraction of sp³-hybridized carbons (Fsp3) is 0.235. The molecule has 0 spiro atoms. The first kappa shape index (κ1) is 20.8. The summed E-state index contributed by atoms with van der Waals surface area (Å²) >= 11 is 0. The summed E-state index contributed by atoms with van der Waals surface area (Å²) in [4.78, 5) is 47.6. The summed E-state index contributed by atoms with van der Waals surface area (Å²) in [5, 5.41) is 10.9. The van der Waals surface area contributed by atoms with Crippen LogP contribution < -0.4 is 11.2 Å². The Hall–Kier alpha value is -3.90. The minimum absolute atomic E-state index is 0.0809. The van der Waals surface area contributed by atoms with Crippen molar-refractivity contribution in [2.24, 2.45) is 7.05 Å². The maximum Gasteiger partial charge on any atom is 0.431 e. The fourth-order valence-electron chi connectivity index (χ4n) is 2.85. The minimum atomic E-state index is -4.98. The monoisotopic (exact) mass is 427 g/mol. The molecule has 0 aliphatic heterocycles. The second-order valence-electron chi connectivity index (χ2n) is 5.98. The summed E-state index contributed by atoms with van der Waals surface area (Å²) in [7, 11) is 0.804. The lowest BCUT2D eigenvalue weighted by molar-refractivity contribution is -0.384. The SMILES string of the molecule is CCOC(=O)c1oc2cc([N+](=O)[O-])ccc2c1-n1c(=O)cc(C(F)(F)F)n(C)c1=O. The van der Waals surface area contributed by atoms with E-state index in [1.807, 2.05) is 0 Å². The van der Waals surface area contributed by atoms with Crippen LogP contribution in [0.1, 0.15) is 23.2 Å². The van der Waals surface area contributed by atoms with E-state index in [1.54, 1.807) is 0 Å². The number of hydrogen-bond donors (Lipinski definition) is 0. The lowest BCUT2D eigenvalue weighted by Crippen LogP contribution is -2.41. The maximum absolute atomic E-state index is 13.1. The smallest absolute Gasteiger partial charge is 0.431 e. The van der Waals surface area contributed by atoms with E-state index in [-0.39, 0.29) is 28.2 Å². The first-order valence-electron chi connectivity index (χ1n) is 8.26. The topological polar surface area (TPSA) is 127 Å². The number of ether oxygens (including phenoxy) is 1. The Kier molecular flexibility index (Phi) is 4.98. The van der Waals surface area contributed by atoms with Crippen LogP contribution in [0.5, 0.6) is 0 Å². The van der Waals surface area contributed by atoms with E-state index in [0.717, 1.165) is 25.2 Å². The average molecular weight is 427 g/mol. The molecule has 0 saturated heterocycles. The van der Waals surface area contributed by atoms with Crippen molar-refractivity contribution in [2.45, 2.75) is 13.1 Å². The fourth-order valence-corrected chi connectivity index (χ4v) is 2.85. The van der Waals surface area contributed by atoms with E-state index < -0.39 is 51.1 Å². The molecule has 0 fully saturated rings. The van der Waals surface area contributed by atoms with Crippen LogP contribution >= 0.6 is 0 Å². The van der Waals surface area contributed by atoms with Gasteiger partial charge in [0.05, 0.1) is 17.6 Å². The summed E-state index contributed by atoms with van der Waals surface area (Å²) in [6, 6.07) is 3.27. The number of carbonyl (C=O) groups excluding carboxylic acids is 1. The molecule has 0 aliphatic carbocycles. The van der Waals surface area contributed by atoms with Gasteiger partial charge in [0.1, 0.15) is 17.0 Å². The van der Waals surface area contributed by atoms with Crippen LogP contribution in [0.2, 0.25) is 0 Å². The van der Waals surface area contributed by atoms with Crippen LogP contribution in [0, 0.1) is 10.1 Å². The van der Waals surface area contributed by atoms with Crippen LogP contribution in [0.15, 0.2) is 38.3 Å². The number of nitrogens with zero attached hydrogens (tertiary/aromatic N) is 3. The van der Waals surface area contributed by atoms with Gasteiger partial charge in [0.25, 0.3) is 11.2 Å². The molecule has 0 amide bonds. The van der Waals surface area contributed by atoms with Gasteiger partial charge < -0.3 is 9.15 Å². The molecule has 0 aliphatic rings. The molecule has 10 nitrogen and oxygen atoms in total. The van der Waals surface area contributed by atoms with Gasteiger partial charge >= 0.3 is 17.8 Å². The molecule has 0 unspecified atom stereocenters. The number of carbonyl (C=O) groups is 1. The van der Waals surface area contributed by atoms with Crippen LogP contribution in [0.4, 0.5) is 18.9 Å². The van der Waals surface area contributed by atoms with E-state index in [1.165, 1.54) is 6.92 Å². The van der Waals surface area contributed by atoms with Crippen LogP contribution in [-0.2, 0) is 18.0 Å². The Bertz CT molecular complexity index is 1300. The number of benzene rings is 1. The summed E-state index contributed by atoms with van der Waals surface area (Å²) in [6.07, 6.45) is -4.98. The van der Waals surface area contributed by atoms with Crippen molar-refractivity contribution in [2.75, 3.05) is 6.61 Å². The molecule has 2 aromatic heterocycles. The second-order valence-corrected chi connectivity index (χ2v) is 5.98. The molecule has 1 aromatic carbocycles. The molecular formula is C17H12F3N3O7. The third-order valence-corrected chi connectivity index (χ3v) is 4.15. The molecule has 13 heteroatoms. The number of hydrogen-bond acceptors (Lipinski definition) is 7. The Morgan fingerprint density at radius 1 is 1.27 bits per heavy atom. The molecule has 0 atom stereocenters. The number of rotatable bonds is 4. The predicted octanol–water partition coefficient (Wildman–Crippen LogP) is 2.39. The zero-order valence-electron chi connectivity index (χ0n) is 15.3. The van der Waals surface area contributed by atoms with E-state index in [9.17, 15) is 37.7 Å². The highest BCUT2D eigenvalue weighted by molar-refractivity contribution is 6.01. The highest BCUT2D eigenvalue weighted by atomic mass is 19.4. The molecular weight excluding hydrogens is 415 g/mol. The molecule has 0 bridgehead atoms. The summed E-state index contributed by atoms with van der Waals surface area (Å²) in [5.74, 6) is -1.77. The molecule has 3 aromatic rings. The average Bonchev–Trinajstić information content (AvgIpc) is 3.02. The molecule has 30 heavy (non-hydrogen) atoms. The van der Waals surface area contributed by atoms with E-state index in [0.29, 0.717) is 4.57 Å². The van der Waals surface area contributed by atoms with Crippen molar-refractivity contribution < 1.29 is 32.0 Å². The Balaban J connectivity index is 2.43. The van der Waals surface area contributed by atoms with Gasteiger partial charge in [-0.05, 0) is 13.0 Å². The minimum Gasteiger partial charge on any atom is -0.460 e. The lowest BCUT2D eigenvalue weighted by Gasteiger charge is -2.13. The van der Waals surface area contributed by atoms with E-state index >= 15 is 0 Å². The standard InChI is InChI=1S/C17H12F3N3O7/c1-3-29-15(25)14-13(9-5-4-8(23(27)28)6-10(9)30-14)22-12(24)7-11(17(18,19)20)21(2)16(22)26/h4-7H,3H2,1-2H3. The highest BCUT2D eigenvalue weighted by Gasteiger charge is 2.36. The van der Waals surface area contributed by atoms with Crippen LogP contribution in [0.3, 0.4) is 0 Å². The zero-order chi connectivity index (χ0) is 22.4. The summed E-state index contributed by atoms with van der Waals surface area (Å²) < 4.78 is 49.9. The first-order valence-corrected chi connectivity index (χ1v) is 8.26. The molecule has 158 valence electrons. The lowest BCUT2D eigenvalue weighted by atomic mass is 10.2. The van der Waals surface area contributed by atoms with Crippen molar-refractivity contribution in [3.63, 3.8) is 0 Å². The van der Waals surface area contributed by atoms with Gasteiger partial charge in [-0.15, -0.1) is 0 Å². The number of halogens is 3. The van der Waals surface area contributed by atoms with Crippen LogP contribution in [0.25, 0.3) is 16.7 Å². The van der Waals surface area contributed by atoms with Gasteiger partial charge in [0.15, 0.2) is 0 Å². The number of nitro groups is 1. The van der Waals surface area contributed by atoms with Gasteiger partial charge in [0.2, 0.25) is 5.76 Å². The third-order valence-electron chi connectivity index (χ3n) is 4.15. The molecule has 0 saturated carbocycles. The molecule has 0 N–H and O–H groups in total. The van der Waals surface area contributed by atoms with Crippen molar-refractivity contribution in [3.8, 4) is 5.69 Å². The van der Waals surface area contributed by atoms with E-state index in [2.05, 4.69) is 0 Å². The number of alkyl halides is 3. The molecule has 2 heterocycles. The number of non-ortho nitro benzene ring substituents is 1. The highest BCUT2D eigenvalue weighted by Crippen LogP contribution is 2.32. The van der Waals surface area contributed by atoms with Gasteiger partial charge in [-0.3, -0.25) is 19.5 Å². The third kappa shape index (κ3) is 3.33. The Morgan fingerprint density at radius 3 is 2.50 bits per heavy atom. The number of fused-ring (bicyclic) bond motifs is 1. The number of esters is 1. The van der Waals surface area contributed by atoms with Crippen molar-refractivity contribution in [1.29, 1.82) is 0 Å². The van der Waals surface area contributed by atoms with E-state index in [4.69, 9.17) is 9.15 Å². The Morgan fingerprint density at radius 2 is 1.93 bits per heavy atom. The van der Waals surface area contributed by atoms with Crippen molar-refractivity contribution in [3.05, 3.63) is 66.7 Å². The maximum atomic E-state index is 13.1. The van der Waals surface area contributed by atoms with Crippen molar-refractivity contribution >= 4 is 22.6 Å². The van der Waals surface area contributed by atoms with Gasteiger partial charge in [0, 0.05) is 24.6 Å². The van der Waals surface area contributed by atoms with Crippen LogP contribution in [-0.4, -0.2) is 26.6 Å². The quantitative estimate of drug-likeness (QED) is 0.355. The summed E-state index contributed by atoms with van der Waals surface area (Å²) in [6.45, 7) is 1.35. The molecule has 0 radical (unpaired) electrons. The zero-order valence-corrected chi connectivity index (χ0v) is 15.3. The van der Waals surface area contributed by atoms with Gasteiger partial charge in [-0.1, -0.05) is 0 Å². The molecule has 3 rings (SSSR count). The first-order chi connectivity index (χ1) is 14.0. The van der Waals surface area contributed by atoms with Crippen molar-refractivity contribution in [1.82, 2.24) is 9.13 Å². The second kappa shape index (κ2) is 7.17. The van der Waals surface area contributed by atoms with Gasteiger partial charge in [-0.2, -0.15) is 13.2 Å². The number of aromatic nitrogens is 2. The summed E-state index contributed by atoms with van der Waals surface area (Å²) in [5.41, 5.74) is -5.40. The number of nitro benzene ring substituents is 1.